The average molecular weight is 772 g/mol. The second-order valence-corrected chi connectivity index (χ2v) is 16.4. The Morgan fingerprint density at radius 1 is 0.898 bits per heavy atom. The van der Waals surface area contributed by atoms with Crippen LogP contribution in [-0.2, 0) is 19.1 Å². The van der Waals surface area contributed by atoms with Gasteiger partial charge >= 0.3 is 11.9 Å². The van der Waals surface area contributed by atoms with Gasteiger partial charge < -0.3 is 33.2 Å². The van der Waals surface area contributed by atoms with Crippen LogP contribution < -0.4 is 23.7 Å². The minimum Gasteiger partial charge on any atom is -0.493 e. The molecule has 1 aliphatic carbocycles. The second-order valence-electron chi connectivity index (χ2n) is 12.5. The zero-order chi connectivity index (χ0) is 34.1. The van der Waals surface area contributed by atoms with Gasteiger partial charge in [0.05, 0.1) is 38.4 Å². The number of cyclic esters (lactones) is 1. The standard InChI is InChI=1S/C37H39BrO9S2/c1-41-29-14-21(15-30(42-2)35(29)43-3)32-24-16-27-28(46-19-45-27)17-25(24)34(26-18-44-36(40)33(26)32)47-31(39)7-5-4-6-23-12-13-48-37(49-23)20-8-10-22(38)11-9-20/h8-11,14-17,23,26,32-34,37H,4-7,12-13,18-19H2,1-3H3/t23?,26-,32+,33-,34-,37?/m0/s1. The van der Waals surface area contributed by atoms with Crippen LogP contribution in [0.2, 0.25) is 0 Å². The molecule has 4 aliphatic rings. The normalized spacial score (nSPS) is 25.2. The van der Waals surface area contributed by atoms with Gasteiger partial charge in [0, 0.05) is 33.5 Å². The van der Waals surface area contributed by atoms with Crippen molar-refractivity contribution < 1.29 is 42.7 Å². The van der Waals surface area contributed by atoms with Crippen molar-refractivity contribution in [3.8, 4) is 28.7 Å². The lowest BCUT2D eigenvalue weighted by molar-refractivity contribution is -0.154. The zero-order valence-electron chi connectivity index (χ0n) is 27.6. The maximum absolute atomic E-state index is 13.5. The lowest BCUT2D eigenvalue weighted by atomic mass is 9.66. The number of thioether (sulfide) groups is 2. The molecule has 2 saturated heterocycles. The fourth-order valence-electron chi connectivity index (χ4n) is 7.38. The van der Waals surface area contributed by atoms with Gasteiger partial charge in [-0.15, -0.1) is 23.5 Å². The number of hydrogen-bond donors (Lipinski definition) is 0. The van der Waals surface area contributed by atoms with E-state index in [2.05, 4.69) is 40.2 Å². The first kappa shape index (κ1) is 34.2. The summed E-state index contributed by atoms with van der Waals surface area (Å²) in [5, 5.41) is 0.565. The molecule has 0 radical (unpaired) electrons. The Hall–Kier alpha value is -3.22. The summed E-state index contributed by atoms with van der Waals surface area (Å²) in [5.41, 5.74) is 3.73. The van der Waals surface area contributed by atoms with Crippen molar-refractivity contribution in [2.75, 3.05) is 40.5 Å². The van der Waals surface area contributed by atoms with E-state index in [1.165, 1.54) is 12.0 Å². The molecule has 6 atom stereocenters. The molecule has 49 heavy (non-hydrogen) atoms. The number of esters is 2. The maximum Gasteiger partial charge on any atom is 0.310 e. The van der Waals surface area contributed by atoms with E-state index in [0.717, 1.165) is 46.2 Å². The third-order valence-corrected chi connectivity index (χ3v) is 13.4. The molecule has 0 N–H and O–H groups in total. The molecule has 0 bridgehead atoms. The highest BCUT2D eigenvalue weighted by Gasteiger charge is 2.54. The fraction of sp³-hybridized carbons (Fsp3) is 0.459. The lowest BCUT2D eigenvalue weighted by Gasteiger charge is -2.38. The van der Waals surface area contributed by atoms with E-state index in [-0.39, 0.29) is 31.3 Å². The molecule has 0 spiro atoms. The van der Waals surface area contributed by atoms with Crippen molar-refractivity contribution in [2.24, 2.45) is 11.8 Å². The Bertz CT molecular complexity index is 1670. The first-order chi connectivity index (χ1) is 23.9. The van der Waals surface area contributed by atoms with E-state index >= 15 is 0 Å². The van der Waals surface area contributed by atoms with E-state index in [4.69, 9.17) is 33.2 Å². The van der Waals surface area contributed by atoms with Gasteiger partial charge in [-0.1, -0.05) is 34.5 Å². The number of unbranched alkanes of at least 4 members (excludes halogenated alkanes) is 1. The van der Waals surface area contributed by atoms with Gasteiger partial charge in [0.1, 0.15) is 6.10 Å². The van der Waals surface area contributed by atoms with Gasteiger partial charge in [-0.25, -0.2) is 0 Å². The lowest BCUT2D eigenvalue weighted by Crippen LogP contribution is -2.36. The average Bonchev–Trinajstić information content (AvgIpc) is 3.75. The maximum atomic E-state index is 13.5. The van der Waals surface area contributed by atoms with Crippen LogP contribution in [-0.4, -0.2) is 57.7 Å². The second kappa shape index (κ2) is 14.9. The monoisotopic (exact) mass is 770 g/mol. The summed E-state index contributed by atoms with van der Waals surface area (Å²) in [6, 6.07) is 16.1. The summed E-state index contributed by atoms with van der Waals surface area (Å²) in [7, 11) is 4.67. The Morgan fingerprint density at radius 2 is 1.61 bits per heavy atom. The number of fused-ring (bicyclic) bond motifs is 3. The Morgan fingerprint density at radius 3 is 2.31 bits per heavy atom. The smallest absolute Gasteiger partial charge is 0.310 e. The third kappa shape index (κ3) is 6.93. The summed E-state index contributed by atoms with van der Waals surface area (Å²) in [6.07, 6.45) is 3.55. The molecule has 7 rings (SSSR count). The first-order valence-electron chi connectivity index (χ1n) is 16.5. The SMILES string of the molecule is COc1cc([C@@H]2c3cc4c(cc3[C@H](OC(=O)CCCCC3CCSC(c5ccc(Br)cc5)S3)[C@H]3COC(=O)[C@H]23)OCO4)cc(OC)c1OC. The van der Waals surface area contributed by atoms with Gasteiger partial charge in [-0.3, -0.25) is 9.59 Å². The van der Waals surface area contributed by atoms with E-state index in [1.54, 1.807) is 21.3 Å². The molecule has 3 aromatic carbocycles. The van der Waals surface area contributed by atoms with Crippen molar-refractivity contribution in [1.82, 2.24) is 0 Å². The molecule has 3 aliphatic heterocycles. The number of halogens is 1. The van der Waals surface area contributed by atoms with Crippen LogP contribution in [0.25, 0.3) is 0 Å². The molecular formula is C37H39BrO9S2. The molecule has 2 unspecified atom stereocenters. The first-order valence-corrected chi connectivity index (χ1v) is 19.3. The molecule has 3 heterocycles. The third-order valence-electron chi connectivity index (χ3n) is 9.75. The van der Waals surface area contributed by atoms with Gasteiger partial charge in [-0.05, 0) is 78.1 Å². The van der Waals surface area contributed by atoms with Crippen LogP contribution in [0.4, 0.5) is 0 Å². The van der Waals surface area contributed by atoms with Crippen LogP contribution in [0.15, 0.2) is 53.0 Å². The number of methoxy groups -OCH3 is 3. The summed E-state index contributed by atoms with van der Waals surface area (Å²) in [5.74, 6) is 1.65. The number of rotatable bonds is 11. The molecule has 0 amide bonds. The minimum absolute atomic E-state index is 0.0915. The largest absolute Gasteiger partial charge is 0.493 e. The molecule has 2 fully saturated rings. The molecule has 0 aromatic heterocycles. The van der Waals surface area contributed by atoms with Crippen LogP contribution >= 0.6 is 39.5 Å². The van der Waals surface area contributed by atoms with E-state index in [1.807, 2.05) is 47.8 Å². The van der Waals surface area contributed by atoms with E-state index < -0.39 is 17.9 Å². The summed E-state index contributed by atoms with van der Waals surface area (Å²) >= 11 is 7.58. The van der Waals surface area contributed by atoms with Crippen molar-refractivity contribution in [1.29, 1.82) is 0 Å². The Kier molecular flexibility index (Phi) is 10.4. The van der Waals surface area contributed by atoms with Crippen molar-refractivity contribution in [3.63, 3.8) is 0 Å². The van der Waals surface area contributed by atoms with Gasteiger partial charge in [0.2, 0.25) is 12.5 Å². The van der Waals surface area contributed by atoms with Crippen LogP contribution in [0.5, 0.6) is 28.7 Å². The van der Waals surface area contributed by atoms with Gasteiger partial charge in [0.25, 0.3) is 0 Å². The predicted octanol–water partition coefficient (Wildman–Crippen LogP) is 8.22. The molecule has 9 nitrogen and oxygen atoms in total. The van der Waals surface area contributed by atoms with Crippen LogP contribution in [0, 0.1) is 11.8 Å². The quantitative estimate of drug-likeness (QED) is 0.139. The Labute approximate surface area is 303 Å². The molecule has 260 valence electrons. The number of ether oxygens (including phenoxy) is 7. The fourth-order valence-corrected chi connectivity index (χ4v) is 11.1. The number of carbonyl (C=O) groups excluding carboxylic acids is 2. The highest BCUT2D eigenvalue weighted by atomic mass is 79.9. The number of carbonyl (C=O) groups is 2. The predicted molar refractivity (Wildman–Crippen MR) is 191 cm³/mol. The molecular weight excluding hydrogens is 732 g/mol. The number of hydrogen-bond acceptors (Lipinski definition) is 11. The topological polar surface area (TPSA) is 98.8 Å². The molecule has 12 heteroatoms. The highest BCUT2D eigenvalue weighted by Crippen LogP contribution is 2.57. The van der Waals surface area contributed by atoms with Crippen LogP contribution in [0.1, 0.15) is 71.0 Å². The number of benzene rings is 3. The van der Waals surface area contributed by atoms with Gasteiger partial charge in [0.15, 0.2) is 23.0 Å². The summed E-state index contributed by atoms with van der Waals surface area (Å²) in [6.45, 7) is 0.237. The van der Waals surface area contributed by atoms with Gasteiger partial charge in [-0.2, -0.15) is 0 Å². The minimum atomic E-state index is -0.677. The van der Waals surface area contributed by atoms with Crippen LogP contribution in [0.3, 0.4) is 0 Å². The zero-order valence-corrected chi connectivity index (χ0v) is 30.8. The highest BCUT2D eigenvalue weighted by molar-refractivity contribution is 9.10. The summed E-state index contributed by atoms with van der Waals surface area (Å²) < 4.78 is 41.9. The van der Waals surface area contributed by atoms with Crippen molar-refractivity contribution in [2.45, 2.75) is 54.0 Å². The van der Waals surface area contributed by atoms with E-state index in [9.17, 15) is 9.59 Å². The summed E-state index contributed by atoms with van der Waals surface area (Å²) in [4.78, 5) is 26.9. The van der Waals surface area contributed by atoms with Crippen molar-refractivity contribution in [3.05, 3.63) is 75.3 Å². The van der Waals surface area contributed by atoms with Crippen molar-refractivity contribution >= 4 is 51.4 Å². The Balaban J connectivity index is 1.08. The molecule has 3 aromatic rings. The van der Waals surface area contributed by atoms with E-state index in [0.29, 0.717) is 45.0 Å². The molecule has 0 saturated carbocycles.